The molecule has 4 heteroatoms. The second kappa shape index (κ2) is 6.35. The van der Waals surface area contributed by atoms with Gasteiger partial charge in [-0.1, -0.05) is 58.9 Å². The number of hydrogen-bond acceptors (Lipinski definition) is 2. The lowest BCUT2D eigenvalue weighted by Crippen LogP contribution is -2.29. The highest BCUT2D eigenvalue weighted by molar-refractivity contribution is 9.09. The molecule has 2 aliphatic rings. The molecule has 0 amide bonds. The number of ether oxygens (including phenoxy) is 2. The standard InChI is InChI=1S/C16H20BrClO2/c17-11-16(19-8-9-20-16)13-6-7-14(15(18)10-13)12-4-2-1-3-5-12/h6-7,10,12H,1-5,8-9,11H2. The first-order chi connectivity index (χ1) is 9.75. The SMILES string of the molecule is Clc1cc(C2(CBr)OCCO2)ccc1C1CCCCC1. The topological polar surface area (TPSA) is 18.5 Å². The molecule has 0 N–H and O–H groups in total. The first-order valence-electron chi connectivity index (χ1n) is 7.39. The van der Waals surface area contributed by atoms with Crippen molar-refractivity contribution in [3.63, 3.8) is 0 Å². The van der Waals surface area contributed by atoms with E-state index in [9.17, 15) is 0 Å². The molecule has 0 atom stereocenters. The van der Waals surface area contributed by atoms with Crippen molar-refractivity contribution in [1.29, 1.82) is 0 Å². The van der Waals surface area contributed by atoms with Gasteiger partial charge in [0.2, 0.25) is 5.79 Å². The van der Waals surface area contributed by atoms with Crippen molar-refractivity contribution in [2.24, 2.45) is 0 Å². The number of alkyl halides is 1. The van der Waals surface area contributed by atoms with E-state index in [1.165, 1.54) is 37.7 Å². The zero-order valence-corrected chi connectivity index (χ0v) is 13.9. The third kappa shape index (κ3) is 2.78. The van der Waals surface area contributed by atoms with Crippen LogP contribution in [0.3, 0.4) is 0 Å². The summed E-state index contributed by atoms with van der Waals surface area (Å²) in [7, 11) is 0. The first-order valence-corrected chi connectivity index (χ1v) is 8.89. The lowest BCUT2D eigenvalue weighted by atomic mass is 9.83. The molecule has 1 saturated carbocycles. The molecule has 1 saturated heterocycles. The molecule has 2 nitrogen and oxygen atoms in total. The van der Waals surface area contributed by atoms with Gasteiger partial charge in [0.15, 0.2) is 0 Å². The minimum Gasteiger partial charge on any atom is -0.343 e. The Bertz CT molecular complexity index is 466. The van der Waals surface area contributed by atoms with Crippen LogP contribution >= 0.6 is 27.5 Å². The summed E-state index contributed by atoms with van der Waals surface area (Å²) in [6.07, 6.45) is 6.52. The Labute approximate surface area is 133 Å². The Morgan fingerprint density at radius 3 is 2.45 bits per heavy atom. The molecule has 1 aliphatic carbocycles. The highest BCUT2D eigenvalue weighted by atomic mass is 79.9. The summed E-state index contributed by atoms with van der Waals surface area (Å²) in [5.41, 5.74) is 2.30. The van der Waals surface area contributed by atoms with E-state index in [0.717, 1.165) is 10.6 Å². The van der Waals surface area contributed by atoms with E-state index in [1.807, 2.05) is 6.07 Å². The van der Waals surface area contributed by atoms with Crippen molar-refractivity contribution in [2.75, 3.05) is 18.5 Å². The largest absolute Gasteiger partial charge is 0.343 e. The fourth-order valence-corrected chi connectivity index (χ4v) is 4.27. The zero-order chi connectivity index (χ0) is 14.0. The summed E-state index contributed by atoms with van der Waals surface area (Å²) in [5.74, 6) is -0.0370. The smallest absolute Gasteiger partial charge is 0.205 e. The van der Waals surface area contributed by atoms with Crippen LogP contribution in [-0.4, -0.2) is 18.5 Å². The van der Waals surface area contributed by atoms with Crippen LogP contribution in [0.5, 0.6) is 0 Å². The minimum absolute atomic E-state index is 0.621. The maximum Gasteiger partial charge on any atom is 0.205 e. The number of hydrogen-bond donors (Lipinski definition) is 0. The summed E-state index contributed by atoms with van der Waals surface area (Å²) in [4.78, 5) is 0. The van der Waals surface area contributed by atoms with Crippen molar-refractivity contribution in [3.8, 4) is 0 Å². The maximum absolute atomic E-state index is 6.53. The molecule has 20 heavy (non-hydrogen) atoms. The molecule has 1 aromatic rings. The Morgan fingerprint density at radius 1 is 1.15 bits per heavy atom. The second-order valence-electron chi connectivity index (χ2n) is 5.65. The molecule has 0 aromatic heterocycles. The van der Waals surface area contributed by atoms with E-state index in [2.05, 4.69) is 28.1 Å². The Kier molecular flexibility index (Phi) is 4.71. The average molecular weight is 360 g/mol. The van der Waals surface area contributed by atoms with Crippen molar-refractivity contribution < 1.29 is 9.47 Å². The molecule has 110 valence electrons. The molecule has 0 radical (unpaired) electrons. The van der Waals surface area contributed by atoms with Crippen molar-refractivity contribution >= 4 is 27.5 Å². The quantitative estimate of drug-likeness (QED) is 0.708. The molecule has 3 rings (SSSR count). The Balaban J connectivity index is 1.86. The first kappa shape index (κ1) is 14.8. The van der Waals surface area contributed by atoms with Crippen LogP contribution in [0, 0.1) is 0 Å². The normalized spacial score (nSPS) is 23.1. The lowest BCUT2D eigenvalue weighted by molar-refractivity contribution is -0.144. The van der Waals surface area contributed by atoms with Crippen LogP contribution in [0.4, 0.5) is 0 Å². The second-order valence-corrected chi connectivity index (χ2v) is 6.62. The predicted molar refractivity (Wildman–Crippen MR) is 84.7 cm³/mol. The molecular weight excluding hydrogens is 340 g/mol. The lowest BCUT2D eigenvalue weighted by Gasteiger charge is -2.28. The summed E-state index contributed by atoms with van der Waals surface area (Å²) in [6.45, 7) is 1.27. The molecule has 2 fully saturated rings. The molecule has 1 aliphatic heterocycles. The van der Waals surface area contributed by atoms with Crippen molar-refractivity contribution in [2.45, 2.75) is 43.8 Å². The molecule has 0 spiro atoms. The number of benzene rings is 1. The average Bonchev–Trinajstić information content (AvgIpc) is 2.98. The third-order valence-corrected chi connectivity index (χ3v) is 5.48. The predicted octanol–water partition coefficient (Wildman–Crippen LogP) is 4.98. The van der Waals surface area contributed by atoms with Gasteiger partial charge in [0.1, 0.15) is 0 Å². The van der Waals surface area contributed by atoms with Gasteiger partial charge in [-0.15, -0.1) is 0 Å². The molecule has 1 aromatic carbocycles. The van der Waals surface area contributed by atoms with Crippen LogP contribution in [0.15, 0.2) is 18.2 Å². The Hall–Kier alpha value is -0.0900. The zero-order valence-electron chi connectivity index (χ0n) is 11.5. The van der Waals surface area contributed by atoms with Gasteiger partial charge in [0.25, 0.3) is 0 Å². The summed E-state index contributed by atoms with van der Waals surface area (Å²) < 4.78 is 11.6. The van der Waals surface area contributed by atoms with Gasteiger partial charge in [0.05, 0.1) is 18.5 Å². The summed E-state index contributed by atoms with van der Waals surface area (Å²) in [6, 6.07) is 6.31. The van der Waals surface area contributed by atoms with Crippen LogP contribution in [0.25, 0.3) is 0 Å². The fourth-order valence-electron chi connectivity index (χ4n) is 3.28. The van der Waals surface area contributed by atoms with E-state index in [-0.39, 0.29) is 0 Å². The van der Waals surface area contributed by atoms with E-state index in [0.29, 0.717) is 24.5 Å². The van der Waals surface area contributed by atoms with Crippen LogP contribution in [0.2, 0.25) is 5.02 Å². The van der Waals surface area contributed by atoms with E-state index >= 15 is 0 Å². The van der Waals surface area contributed by atoms with E-state index in [1.54, 1.807) is 0 Å². The highest BCUT2D eigenvalue weighted by Crippen LogP contribution is 2.40. The summed E-state index contributed by atoms with van der Waals surface area (Å²) >= 11 is 10.0. The molecule has 1 heterocycles. The van der Waals surface area contributed by atoms with Crippen LogP contribution in [-0.2, 0) is 15.3 Å². The highest BCUT2D eigenvalue weighted by Gasteiger charge is 2.38. The molecular formula is C16H20BrClO2. The maximum atomic E-state index is 6.53. The van der Waals surface area contributed by atoms with Gasteiger partial charge in [0, 0.05) is 10.6 Å². The Morgan fingerprint density at radius 2 is 1.85 bits per heavy atom. The fraction of sp³-hybridized carbons (Fsp3) is 0.625. The van der Waals surface area contributed by atoms with Gasteiger partial charge < -0.3 is 9.47 Å². The van der Waals surface area contributed by atoms with Gasteiger partial charge in [-0.3, -0.25) is 0 Å². The number of rotatable bonds is 3. The monoisotopic (exact) mass is 358 g/mol. The van der Waals surface area contributed by atoms with Crippen LogP contribution < -0.4 is 0 Å². The summed E-state index contributed by atoms with van der Waals surface area (Å²) in [5, 5.41) is 1.48. The van der Waals surface area contributed by atoms with Gasteiger partial charge >= 0.3 is 0 Å². The van der Waals surface area contributed by atoms with Crippen molar-refractivity contribution in [3.05, 3.63) is 34.3 Å². The van der Waals surface area contributed by atoms with Gasteiger partial charge in [-0.25, -0.2) is 0 Å². The van der Waals surface area contributed by atoms with Crippen LogP contribution in [0.1, 0.15) is 49.1 Å². The van der Waals surface area contributed by atoms with Gasteiger partial charge in [-0.05, 0) is 30.4 Å². The third-order valence-electron chi connectivity index (χ3n) is 4.41. The van der Waals surface area contributed by atoms with Crippen molar-refractivity contribution in [1.82, 2.24) is 0 Å². The minimum atomic E-state index is -0.658. The van der Waals surface area contributed by atoms with E-state index in [4.69, 9.17) is 21.1 Å². The number of halogens is 2. The molecule has 0 bridgehead atoms. The van der Waals surface area contributed by atoms with E-state index < -0.39 is 5.79 Å². The molecule has 0 unspecified atom stereocenters. The van der Waals surface area contributed by atoms with Gasteiger partial charge in [-0.2, -0.15) is 0 Å².